The number of esters is 1. The lowest BCUT2D eigenvalue weighted by Crippen LogP contribution is -2.22. The standard InChI is InChI=1S/C17H20N2O4/c1-5-13-15(12(4)23-19-13)17(21)22-9-14(20)18-16-10(2)7-6-8-11(16)3/h6-8H,5,9H2,1-4H3,(H,18,20). The van der Waals surface area contributed by atoms with Crippen LogP contribution in [0.1, 0.15) is 39.9 Å². The summed E-state index contributed by atoms with van der Waals surface area (Å²) in [5, 5.41) is 6.56. The third-order valence-corrected chi connectivity index (χ3v) is 3.55. The molecule has 1 aromatic heterocycles. The van der Waals surface area contributed by atoms with Crippen LogP contribution in [-0.2, 0) is 16.0 Å². The molecule has 6 nitrogen and oxygen atoms in total. The summed E-state index contributed by atoms with van der Waals surface area (Å²) in [6.07, 6.45) is 0.552. The van der Waals surface area contributed by atoms with E-state index in [1.54, 1.807) is 6.92 Å². The highest BCUT2D eigenvalue weighted by Crippen LogP contribution is 2.19. The second-order valence-corrected chi connectivity index (χ2v) is 5.31. The fourth-order valence-electron chi connectivity index (χ4n) is 2.31. The molecule has 0 saturated heterocycles. The van der Waals surface area contributed by atoms with Crippen molar-refractivity contribution < 1.29 is 18.8 Å². The van der Waals surface area contributed by atoms with Crippen molar-refractivity contribution in [3.63, 3.8) is 0 Å². The zero-order valence-corrected chi connectivity index (χ0v) is 13.7. The Morgan fingerprint density at radius 2 is 1.87 bits per heavy atom. The number of carbonyl (C=O) groups excluding carboxylic acids is 2. The number of hydrogen-bond acceptors (Lipinski definition) is 5. The van der Waals surface area contributed by atoms with Crippen molar-refractivity contribution in [1.29, 1.82) is 0 Å². The summed E-state index contributed by atoms with van der Waals surface area (Å²) < 4.78 is 10.1. The first-order valence-corrected chi connectivity index (χ1v) is 7.42. The SMILES string of the molecule is CCc1noc(C)c1C(=O)OCC(=O)Nc1c(C)cccc1C. The lowest BCUT2D eigenvalue weighted by Gasteiger charge is -2.11. The Morgan fingerprint density at radius 3 is 2.48 bits per heavy atom. The smallest absolute Gasteiger partial charge is 0.344 e. The topological polar surface area (TPSA) is 81.4 Å². The van der Waals surface area contributed by atoms with Crippen molar-refractivity contribution >= 4 is 17.6 Å². The van der Waals surface area contributed by atoms with Crippen molar-refractivity contribution in [1.82, 2.24) is 5.16 Å². The van der Waals surface area contributed by atoms with Gasteiger partial charge in [0.15, 0.2) is 6.61 Å². The van der Waals surface area contributed by atoms with Crippen molar-refractivity contribution in [3.8, 4) is 0 Å². The van der Waals surface area contributed by atoms with E-state index in [0.29, 0.717) is 23.4 Å². The van der Waals surface area contributed by atoms with E-state index in [9.17, 15) is 9.59 Å². The van der Waals surface area contributed by atoms with Gasteiger partial charge in [0.1, 0.15) is 11.3 Å². The summed E-state index contributed by atoms with van der Waals surface area (Å²) in [5.41, 5.74) is 3.47. The van der Waals surface area contributed by atoms with Crippen LogP contribution in [0.3, 0.4) is 0 Å². The minimum Gasteiger partial charge on any atom is -0.452 e. The molecule has 1 heterocycles. The van der Waals surface area contributed by atoms with Crippen LogP contribution in [0.4, 0.5) is 5.69 Å². The van der Waals surface area contributed by atoms with Crippen molar-refractivity contribution in [2.75, 3.05) is 11.9 Å². The molecular formula is C17H20N2O4. The van der Waals surface area contributed by atoms with Crippen LogP contribution in [-0.4, -0.2) is 23.6 Å². The third-order valence-electron chi connectivity index (χ3n) is 3.55. The van der Waals surface area contributed by atoms with Gasteiger partial charge in [-0.05, 0) is 38.3 Å². The normalized spacial score (nSPS) is 10.4. The molecule has 0 aliphatic heterocycles. The van der Waals surface area contributed by atoms with E-state index < -0.39 is 5.97 Å². The molecule has 0 atom stereocenters. The number of hydrogen-bond donors (Lipinski definition) is 1. The molecular weight excluding hydrogens is 296 g/mol. The Labute approximate surface area is 134 Å². The number of amides is 1. The molecule has 0 fully saturated rings. The molecule has 2 rings (SSSR count). The first-order valence-electron chi connectivity index (χ1n) is 7.42. The molecule has 6 heteroatoms. The molecule has 0 saturated carbocycles. The zero-order chi connectivity index (χ0) is 17.0. The molecule has 0 spiro atoms. The van der Waals surface area contributed by atoms with Crippen LogP contribution < -0.4 is 5.32 Å². The Morgan fingerprint density at radius 1 is 1.22 bits per heavy atom. The average Bonchev–Trinajstić information content (AvgIpc) is 2.89. The van der Waals surface area contributed by atoms with Gasteiger partial charge in [0.2, 0.25) is 0 Å². The molecule has 0 aliphatic carbocycles. The maximum absolute atomic E-state index is 12.1. The maximum atomic E-state index is 12.1. The summed E-state index contributed by atoms with van der Waals surface area (Å²) in [4.78, 5) is 24.1. The Hall–Kier alpha value is -2.63. The van der Waals surface area contributed by atoms with Crippen LogP contribution in [0, 0.1) is 20.8 Å². The van der Waals surface area contributed by atoms with Crippen molar-refractivity contribution in [3.05, 3.63) is 46.3 Å². The summed E-state index contributed by atoms with van der Waals surface area (Å²) in [7, 11) is 0. The minimum absolute atomic E-state index is 0.298. The number of ether oxygens (including phenoxy) is 1. The molecule has 1 aromatic carbocycles. The van der Waals surface area contributed by atoms with E-state index in [1.165, 1.54) is 0 Å². The van der Waals surface area contributed by atoms with Crippen LogP contribution >= 0.6 is 0 Å². The number of rotatable bonds is 5. The fraction of sp³-hybridized carbons (Fsp3) is 0.353. The second-order valence-electron chi connectivity index (χ2n) is 5.31. The largest absolute Gasteiger partial charge is 0.452 e. The second kappa shape index (κ2) is 7.09. The van der Waals surface area contributed by atoms with Gasteiger partial charge in [0.25, 0.3) is 5.91 Å². The molecule has 2 aromatic rings. The van der Waals surface area contributed by atoms with Gasteiger partial charge in [-0.3, -0.25) is 4.79 Å². The Kier molecular flexibility index (Phi) is 5.16. The minimum atomic E-state index is -0.600. The lowest BCUT2D eigenvalue weighted by molar-refractivity contribution is -0.119. The fourth-order valence-corrected chi connectivity index (χ4v) is 2.31. The molecule has 1 amide bonds. The van der Waals surface area contributed by atoms with Crippen molar-refractivity contribution in [2.24, 2.45) is 0 Å². The number of benzene rings is 1. The van der Waals surface area contributed by atoms with Gasteiger partial charge in [-0.2, -0.15) is 0 Å². The highest BCUT2D eigenvalue weighted by atomic mass is 16.5. The monoisotopic (exact) mass is 316 g/mol. The molecule has 0 radical (unpaired) electrons. The molecule has 1 N–H and O–H groups in total. The molecule has 0 aliphatic rings. The zero-order valence-electron chi connectivity index (χ0n) is 13.7. The first kappa shape index (κ1) is 16.7. The van der Waals surface area contributed by atoms with E-state index in [4.69, 9.17) is 9.26 Å². The van der Waals surface area contributed by atoms with E-state index in [2.05, 4.69) is 10.5 Å². The quantitative estimate of drug-likeness (QED) is 0.858. The number of aromatic nitrogens is 1. The number of para-hydroxylation sites is 1. The molecule has 23 heavy (non-hydrogen) atoms. The summed E-state index contributed by atoms with van der Waals surface area (Å²) in [5.74, 6) is -0.595. The van der Waals surface area contributed by atoms with Gasteiger partial charge in [0, 0.05) is 5.69 Å². The highest BCUT2D eigenvalue weighted by molar-refractivity contribution is 5.97. The first-order chi connectivity index (χ1) is 10.9. The summed E-state index contributed by atoms with van der Waals surface area (Å²) >= 11 is 0. The predicted molar refractivity (Wildman–Crippen MR) is 85.4 cm³/mol. The van der Waals surface area contributed by atoms with E-state index >= 15 is 0 Å². The number of anilines is 1. The predicted octanol–water partition coefficient (Wildman–Crippen LogP) is 2.96. The van der Waals surface area contributed by atoms with Gasteiger partial charge in [-0.1, -0.05) is 30.3 Å². The van der Waals surface area contributed by atoms with Gasteiger partial charge in [0.05, 0.1) is 5.69 Å². The van der Waals surface area contributed by atoms with E-state index in [0.717, 1.165) is 16.8 Å². The number of carbonyl (C=O) groups is 2. The molecule has 0 bridgehead atoms. The third kappa shape index (κ3) is 3.77. The molecule has 122 valence electrons. The van der Waals surface area contributed by atoms with Crippen LogP contribution in [0.5, 0.6) is 0 Å². The van der Waals surface area contributed by atoms with E-state index in [1.807, 2.05) is 39.0 Å². The van der Waals surface area contributed by atoms with Crippen LogP contribution in [0.2, 0.25) is 0 Å². The lowest BCUT2D eigenvalue weighted by atomic mass is 10.1. The van der Waals surface area contributed by atoms with Crippen LogP contribution in [0.15, 0.2) is 22.7 Å². The van der Waals surface area contributed by atoms with Crippen LogP contribution in [0.25, 0.3) is 0 Å². The molecule has 0 unspecified atom stereocenters. The Balaban J connectivity index is 1.99. The number of nitrogens with one attached hydrogen (secondary N) is 1. The van der Waals surface area contributed by atoms with Gasteiger partial charge < -0.3 is 14.6 Å². The number of nitrogens with zero attached hydrogens (tertiary/aromatic N) is 1. The highest BCUT2D eigenvalue weighted by Gasteiger charge is 2.21. The van der Waals surface area contributed by atoms with Gasteiger partial charge >= 0.3 is 5.97 Å². The van der Waals surface area contributed by atoms with Crippen molar-refractivity contribution in [2.45, 2.75) is 34.1 Å². The van der Waals surface area contributed by atoms with Gasteiger partial charge in [-0.25, -0.2) is 4.79 Å². The average molecular weight is 316 g/mol. The summed E-state index contributed by atoms with van der Waals surface area (Å²) in [6, 6.07) is 5.73. The number of aryl methyl sites for hydroxylation is 4. The Bertz CT molecular complexity index is 714. The maximum Gasteiger partial charge on any atom is 0.344 e. The summed E-state index contributed by atoms with van der Waals surface area (Å²) in [6.45, 7) is 6.95. The van der Waals surface area contributed by atoms with Gasteiger partial charge in [-0.15, -0.1) is 0 Å². The van der Waals surface area contributed by atoms with E-state index in [-0.39, 0.29) is 12.5 Å².